The molecule has 1 atom stereocenters. The maximum absolute atomic E-state index is 11.6. The fourth-order valence-corrected chi connectivity index (χ4v) is 1.31. The van der Waals surface area contributed by atoms with Crippen LogP contribution in [0.25, 0.3) is 0 Å². The van der Waals surface area contributed by atoms with Crippen molar-refractivity contribution in [2.45, 2.75) is 47.1 Å². The molecule has 0 aromatic heterocycles. The minimum absolute atomic E-state index is 0.0731. The van der Waals surface area contributed by atoms with Crippen LogP contribution in [-0.2, 0) is 9.59 Å². The van der Waals surface area contributed by atoms with Gasteiger partial charge in [0.1, 0.15) is 12.1 Å². The molecule has 90 valence electrons. The number of carbonyl (C=O) groups is 2. The van der Waals surface area contributed by atoms with E-state index >= 15 is 0 Å². The lowest BCUT2D eigenvalue weighted by Gasteiger charge is -2.22. The highest BCUT2D eigenvalue weighted by atomic mass is 16.2. The van der Waals surface area contributed by atoms with Crippen molar-refractivity contribution in [3.05, 3.63) is 0 Å². The Morgan fingerprint density at radius 2 is 1.81 bits per heavy atom. The second-order valence-corrected chi connectivity index (χ2v) is 5.50. The van der Waals surface area contributed by atoms with Gasteiger partial charge in [-0.15, -0.1) is 0 Å². The highest BCUT2D eigenvalue weighted by Gasteiger charge is 2.25. The summed E-state index contributed by atoms with van der Waals surface area (Å²) in [7, 11) is 0. The average molecular weight is 224 g/mol. The van der Waals surface area contributed by atoms with E-state index in [9.17, 15) is 9.59 Å². The second kappa shape index (κ2) is 5.64. The van der Waals surface area contributed by atoms with Crippen molar-refractivity contribution in [2.75, 3.05) is 0 Å². The number of hydrogen-bond acceptors (Lipinski definition) is 3. The number of nitriles is 1. The Kier molecular flexibility index (Phi) is 5.16. The number of ketones is 1. The molecule has 0 saturated carbocycles. The zero-order valence-corrected chi connectivity index (χ0v) is 10.6. The molecule has 0 radical (unpaired) electrons. The summed E-state index contributed by atoms with van der Waals surface area (Å²) >= 11 is 0. The molecule has 1 amide bonds. The molecule has 0 fully saturated rings. The van der Waals surface area contributed by atoms with E-state index in [1.165, 1.54) is 0 Å². The number of carbonyl (C=O) groups excluding carboxylic acids is 2. The molecular formula is C12H20N2O2. The molecule has 1 unspecified atom stereocenters. The van der Waals surface area contributed by atoms with Crippen molar-refractivity contribution in [3.8, 4) is 6.07 Å². The van der Waals surface area contributed by atoms with Gasteiger partial charge in [-0.1, -0.05) is 34.6 Å². The summed E-state index contributed by atoms with van der Waals surface area (Å²) in [5.74, 6) is -0.844. The van der Waals surface area contributed by atoms with E-state index < -0.39 is 11.8 Å². The van der Waals surface area contributed by atoms with Crippen LogP contribution in [0.3, 0.4) is 0 Å². The van der Waals surface area contributed by atoms with Crippen LogP contribution in [0.5, 0.6) is 0 Å². The van der Waals surface area contributed by atoms with Crippen LogP contribution in [0.15, 0.2) is 0 Å². The number of nitrogens with zero attached hydrogens (tertiary/aromatic N) is 1. The zero-order chi connectivity index (χ0) is 12.9. The topological polar surface area (TPSA) is 70.0 Å². The molecule has 0 aliphatic carbocycles. The maximum Gasteiger partial charge on any atom is 0.254 e. The zero-order valence-electron chi connectivity index (χ0n) is 10.6. The van der Waals surface area contributed by atoms with Crippen LogP contribution in [0, 0.1) is 22.7 Å². The summed E-state index contributed by atoms with van der Waals surface area (Å²) in [6.07, 6.45) is 0.342. The lowest BCUT2D eigenvalue weighted by Crippen LogP contribution is -2.44. The van der Waals surface area contributed by atoms with Crippen LogP contribution < -0.4 is 5.32 Å². The summed E-state index contributed by atoms with van der Waals surface area (Å²) in [5, 5.41) is 11.2. The number of hydrogen-bond donors (Lipinski definition) is 1. The van der Waals surface area contributed by atoms with E-state index in [4.69, 9.17) is 5.26 Å². The molecule has 0 aromatic rings. The highest BCUT2D eigenvalue weighted by Crippen LogP contribution is 2.18. The van der Waals surface area contributed by atoms with Crippen molar-refractivity contribution in [1.29, 1.82) is 5.26 Å². The fourth-order valence-electron chi connectivity index (χ4n) is 1.31. The van der Waals surface area contributed by atoms with Crippen LogP contribution in [-0.4, -0.2) is 17.7 Å². The maximum atomic E-state index is 11.6. The van der Waals surface area contributed by atoms with Crippen molar-refractivity contribution in [2.24, 2.45) is 11.3 Å². The average Bonchev–Trinajstić information content (AvgIpc) is 2.09. The Bertz CT molecular complexity index is 308. The van der Waals surface area contributed by atoms with Crippen molar-refractivity contribution in [3.63, 3.8) is 0 Å². The molecule has 0 bridgehead atoms. The van der Waals surface area contributed by atoms with Gasteiger partial charge in [-0.3, -0.25) is 9.59 Å². The second-order valence-electron chi connectivity index (χ2n) is 5.50. The Labute approximate surface area is 97.0 Å². The quantitative estimate of drug-likeness (QED) is 0.738. The molecule has 0 aromatic carbocycles. The number of rotatable bonds is 4. The van der Waals surface area contributed by atoms with E-state index in [0.717, 1.165) is 0 Å². The third kappa shape index (κ3) is 5.50. The standard InChI is InChI=1S/C12H20N2O2/c1-8(2)11(9(15)7-13)14-10(16)6-12(3,4)5/h8,11H,6H2,1-5H3,(H,14,16). The normalized spacial score (nSPS) is 13.1. The van der Waals surface area contributed by atoms with E-state index in [0.29, 0.717) is 6.42 Å². The molecule has 0 saturated heterocycles. The minimum Gasteiger partial charge on any atom is -0.345 e. The van der Waals surface area contributed by atoms with Gasteiger partial charge in [-0.05, 0) is 11.3 Å². The van der Waals surface area contributed by atoms with Crippen LogP contribution in [0.2, 0.25) is 0 Å². The van der Waals surface area contributed by atoms with Crippen molar-refractivity contribution >= 4 is 11.7 Å². The number of amides is 1. The van der Waals surface area contributed by atoms with Crippen molar-refractivity contribution < 1.29 is 9.59 Å². The summed E-state index contributed by atoms with van der Waals surface area (Å²) in [6, 6.07) is 0.866. The largest absolute Gasteiger partial charge is 0.345 e. The van der Waals surface area contributed by atoms with Gasteiger partial charge in [0.25, 0.3) is 5.78 Å². The van der Waals surface area contributed by atoms with E-state index in [1.54, 1.807) is 19.9 Å². The van der Waals surface area contributed by atoms with E-state index in [-0.39, 0.29) is 17.2 Å². The first kappa shape index (κ1) is 14.6. The Balaban J connectivity index is 4.49. The molecule has 1 N–H and O–H groups in total. The van der Waals surface area contributed by atoms with Gasteiger partial charge < -0.3 is 5.32 Å². The van der Waals surface area contributed by atoms with E-state index in [1.807, 2.05) is 20.8 Å². The van der Waals surface area contributed by atoms with Gasteiger partial charge in [0.15, 0.2) is 0 Å². The molecule has 0 heterocycles. The predicted molar refractivity (Wildman–Crippen MR) is 61.5 cm³/mol. The first-order valence-corrected chi connectivity index (χ1v) is 5.40. The van der Waals surface area contributed by atoms with Gasteiger partial charge in [0.05, 0.1) is 0 Å². The van der Waals surface area contributed by atoms with Gasteiger partial charge >= 0.3 is 0 Å². The first-order chi connectivity index (χ1) is 7.17. The minimum atomic E-state index is -0.695. The van der Waals surface area contributed by atoms with Gasteiger partial charge in [-0.2, -0.15) is 5.26 Å². The third-order valence-corrected chi connectivity index (χ3v) is 2.07. The smallest absolute Gasteiger partial charge is 0.254 e. The number of Topliss-reactive ketones (excluding diaryl/α,β-unsaturated/α-hetero) is 1. The fraction of sp³-hybridized carbons (Fsp3) is 0.750. The molecular weight excluding hydrogens is 204 g/mol. The first-order valence-electron chi connectivity index (χ1n) is 5.40. The molecule has 0 aliphatic rings. The van der Waals surface area contributed by atoms with Gasteiger partial charge in [0.2, 0.25) is 5.91 Å². The Morgan fingerprint density at radius 1 is 1.31 bits per heavy atom. The van der Waals surface area contributed by atoms with Gasteiger partial charge in [-0.25, -0.2) is 0 Å². The number of nitrogens with one attached hydrogen (secondary N) is 1. The summed E-state index contributed by atoms with van der Waals surface area (Å²) in [4.78, 5) is 22.9. The SMILES string of the molecule is CC(C)C(NC(=O)CC(C)(C)C)C(=O)C#N. The lowest BCUT2D eigenvalue weighted by atomic mass is 9.91. The lowest BCUT2D eigenvalue weighted by molar-refractivity contribution is -0.127. The van der Waals surface area contributed by atoms with Crippen LogP contribution in [0.4, 0.5) is 0 Å². The predicted octanol–water partition coefficient (Wildman–Crippen LogP) is 1.66. The van der Waals surface area contributed by atoms with Gasteiger partial charge in [0, 0.05) is 6.42 Å². The summed E-state index contributed by atoms with van der Waals surface area (Å²) in [5.41, 5.74) is -0.124. The monoisotopic (exact) mass is 224 g/mol. The van der Waals surface area contributed by atoms with Crippen LogP contribution in [0.1, 0.15) is 41.0 Å². The molecule has 16 heavy (non-hydrogen) atoms. The molecule has 0 aliphatic heterocycles. The van der Waals surface area contributed by atoms with Crippen LogP contribution >= 0.6 is 0 Å². The Hall–Kier alpha value is -1.37. The summed E-state index contributed by atoms with van der Waals surface area (Å²) < 4.78 is 0. The molecule has 4 nitrogen and oxygen atoms in total. The molecule has 0 spiro atoms. The molecule has 4 heteroatoms. The summed E-state index contributed by atoms with van der Waals surface area (Å²) in [6.45, 7) is 9.45. The molecule has 0 rings (SSSR count). The van der Waals surface area contributed by atoms with E-state index in [2.05, 4.69) is 5.32 Å². The van der Waals surface area contributed by atoms with Crippen molar-refractivity contribution in [1.82, 2.24) is 5.32 Å². The highest BCUT2D eigenvalue weighted by molar-refractivity contribution is 6.00. The third-order valence-electron chi connectivity index (χ3n) is 2.07. The Morgan fingerprint density at radius 3 is 2.12 bits per heavy atom.